The van der Waals surface area contributed by atoms with Crippen molar-refractivity contribution in [3.05, 3.63) is 29.3 Å². The standard InChI is InChI=1S/C12H19NO/c1-10-9-11(6-7-12(10)13)5-3-4-8-14-2/h6-7,9H,3-5,8,13H2,1-2H3. The third-order valence-corrected chi connectivity index (χ3v) is 2.40. The lowest BCUT2D eigenvalue weighted by atomic mass is 10.0. The number of nitrogen functional groups attached to an aromatic ring is 1. The summed E-state index contributed by atoms with van der Waals surface area (Å²) < 4.78 is 5.00. The lowest BCUT2D eigenvalue weighted by Crippen LogP contribution is -1.94. The van der Waals surface area contributed by atoms with Crippen LogP contribution in [-0.2, 0) is 11.2 Å². The van der Waals surface area contributed by atoms with Gasteiger partial charge < -0.3 is 10.5 Å². The van der Waals surface area contributed by atoms with E-state index in [1.54, 1.807) is 7.11 Å². The molecule has 14 heavy (non-hydrogen) atoms. The van der Waals surface area contributed by atoms with Crippen LogP contribution in [0.1, 0.15) is 24.0 Å². The summed E-state index contributed by atoms with van der Waals surface area (Å²) in [6, 6.07) is 6.26. The quantitative estimate of drug-likeness (QED) is 0.576. The summed E-state index contributed by atoms with van der Waals surface area (Å²) in [5.41, 5.74) is 9.17. The predicted octanol–water partition coefficient (Wildman–Crippen LogP) is 2.55. The van der Waals surface area contributed by atoms with Crippen molar-refractivity contribution < 1.29 is 4.74 Å². The maximum atomic E-state index is 5.75. The van der Waals surface area contributed by atoms with Crippen LogP contribution in [0.25, 0.3) is 0 Å². The van der Waals surface area contributed by atoms with Crippen LogP contribution in [0.2, 0.25) is 0 Å². The van der Waals surface area contributed by atoms with Gasteiger partial charge in [-0.15, -0.1) is 0 Å². The summed E-state index contributed by atoms with van der Waals surface area (Å²) in [5, 5.41) is 0. The van der Waals surface area contributed by atoms with Crippen LogP contribution in [0.15, 0.2) is 18.2 Å². The van der Waals surface area contributed by atoms with Gasteiger partial charge in [0.15, 0.2) is 0 Å². The highest BCUT2D eigenvalue weighted by Crippen LogP contribution is 2.14. The Kier molecular flexibility index (Phi) is 4.47. The molecule has 0 unspecified atom stereocenters. The van der Waals surface area contributed by atoms with E-state index >= 15 is 0 Å². The molecule has 1 aromatic carbocycles. The maximum Gasteiger partial charge on any atom is 0.0462 e. The van der Waals surface area contributed by atoms with E-state index in [2.05, 4.69) is 12.1 Å². The molecule has 0 aliphatic carbocycles. The van der Waals surface area contributed by atoms with Gasteiger partial charge in [0.1, 0.15) is 0 Å². The number of rotatable bonds is 5. The van der Waals surface area contributed by atoms with Gasteiger partial charge in [-0.1, -0.05) is 12.1 Å². The van der Waals surface area contributed by atoms with Gasteiger partial charge in [0.05, 0.1) is 0 Å². The first-order chi connectivity index (χ1) is 6.74. The largest absolute Gasteiger partial charge is 0.399 e. The molecule has 0 heterocycles. The fraction of sp³-hybridized carbons (Fsp3) is 0.500. The van der Waals surface area contributed by atoms with E-state index in [1.165, 1.54) is 17.5 Å². The topological polar surface area (TPSA) is 35.2 Å². The molecular formula is C12H19NO. The van der Waals surface area contributed by atoms with E-state index in [-0.39, 0.29) is 0 Å². The highest BCUT2D eigenvalue weighted by Gasteiger charge is 1.96. The summed E-state index contributed by atoms with van der Waals surface area (Å²) in [5.74, 6) is 0. The van der Waals surface area contributed by atoms with Crippen LogP contribution in [-0.4, -0.2) is 13.7 Å². The second kappa shape index (κ2) is 5.66. The van der Waals surface area contributed by atoms with Crippen LogP contribution < -0.4 is 5.73 Å². The van der Waals surface area contributed by atoms with Gasteiger partial charge in [-0.2, -0.15) is 0 Å². The number of anilines is 1. The van der Waals surface area contributed by atoms with Gasteiger partial charge >= 0.3 is 0 Å². The minimum atomic E-state index is 0.855. The first-order valence-corrected chi connectivity index (χ1v) is 5.08. The molecule has 0 fully saturated rings. The molecule has 1 aromatic rings. The summed E-state index contributed by atoms with van der Waals surface area (Å²) >= 11 is 0. The lowest BCUT2D eigenvalue weighted by molar-refractivity contribution is 0.193. The zero-order chi connectivity index (χ0) is 10.4. The van der Waals surface area contributed by atoms with E-state index in [0.29, 0.717) is 0 Å². The molecule has 0 aliphatic heterocycles. The molecule has 0 amide bonds. The molecule has 2 heteroatoms. The second-order valence-electron chi connectivity index (χ2n) is 3.64. The van der Waals surface area contributed by atoms with Crippen molar-refractivity contribution in [1.82, 2.24) is 0 Å². The molecule has 0 aromatic heterocycles. The van der Waals surface area contributed by atoms with Crippen LogP contribution in [0.4, 0.5) is 5.69 Å². The van der Waals surface area contributed by atoms with Crippen LogP contribution in [0, 0.1) is 6.92 Å². The molecule has 0 aliphatic rings. The number of methoxy groups -OCH3 is 1. The Morgan fingerprint density at radius 2 is 2.07 bits per heavy atom. The Labute approximate surface area is 86.1 Å². The molecule has 0 bridgehead atoms. The molecule has 0 saturated heterocycles. The molecule has 0 saturated carbocycles. The number of nitrogens with two attached hydrogens (primary N) is 1. The fourth-order valence-electron chi connectivity index (χ4n) is 1.47. The Bertz CT molecular complexity index is 284. The van der Waals surface area contributed by atoms with Crippen molar-refractivity contribution in [3.63, 3.8) is 0 Å². The Morgan fingerprint density at radius 1 is 1.29 bits per heavy atom. The van der Waals surface area contributed by atoms with Gasteiger partial charge in [-0.05, 0) is 43.4 Å². The highest BCUT2D eigenvalue weighted by molar-refractivity contribution is 5.47. The third kappa shape index (κ3) is 3.38. The normalized spacial score (nSPS) is 10.4. The number of unbranched alkanes of at least 4 members (excludes halogenated alkanes) is 1. The molecule has 1 rings (SSSR count). The van der Waals surface area contributed by atoms with Crippen molar-refractivity contribution in [1.29, 1.82) is 0 Å². The lowest BCUT2D eigenvalue weighted by Gasteiger charge is -2.04. The van der Waals surface area contributed by atoms with Crippen molar-refractivity contribution in [2.75, 3.05) is 19.5 Å². The molecular weight excluding hydrogens is 174 g/mol. The zero-order valence-corrected chi connectivity index (χ0v) is 9.05. The monoisotopic (exact) mass is 193 g/mol. The van der Waals surface area contributed by atoms with E-state index in [1.807, 2.05) is 13.0 Å². The summed E-state index contributed by atoms with van der Waals surface area (Å²) in [4.78, 5) is 0. The predicted molar refractivity (Wildman–Crippen MR) is 60.4 cm³/mol. The Balaban J connectivity index is 2.39. The average Bonchev–Trinajstić information content (AvgIpc) is 2.18. The van der Waals surface area contributed by atoms with Gasteiger partial charge in [0.25, 0.3) is 0 Å². The first-order valence-electron chi connectivity index (χ1n) is 5.08. The van der Waals surface area contributed by atoms with Gasteiger partial charge in [-0.25, -0.2) is 0 Å². The molecule has 0 radical (unpaired) electrons. The van der Waals surface area contributed by atoms with Crippen LogP contribution in [0.5, 0.6) is 0 Å². The number of hydrogen-bond donors (Lipinski definition) is 1. The second-order valence-corrected chi connectivity index (χ2v) is 3.64. The Morgan fingerprint density at radius 3 is 2.71 bits per heavy atom. The summed E-state index contributed by atoms with van der Waals surface area (Å²) in [6.45, 7) is 2.90. The third-order valence-electron chi connectivity index (χ3n) is 2.40. The van der Waals surface area contributed by atoms with Crippen molar-refractivity contribution in [3.8, 4) is 0 Å². The molecule has 78 valence electrons. The minimum absolute atomic E-state index is 0.855. The highest BCUT2D eigenvalue weighted by atomic mass is 16.5. The molecule has 0 atom stereocenters. The zero-order valence-electron chi connectivity index (χ0n) is 9.05. The fourth-order valence-corrected chi connectivity index (χ4v) is 1.47. The van der Waals surface area contributed by atoms with Crippen LogP contribution >= 0.6 is 0 Å². The van der Waals surface area contributed by atoms with Crippen LogP contribution in [0.3, 0.4) is 0 Å². The van der Waals surface area contributed by atoms with E-state index in [0.717, 1.165) is 25.1 Å². The van der Waals surface area contributed by atoms with Crippen molar-refractivity contribution >= 4 is 5.69 Å². The minimum Gasteiger partial charge on any atom is -0.399 e. The first kappa shape index (κ1) is 11.1. The molecule has 2 nitrogen and oxygen atoms in total. The number of benzene rings is 1. The smallest absolute Gasteiger partial charge is 0.0462 e. The van der Waals surface area contributed by atoms with Gasteiger partial charge in [0, 0.05) is 19.4 Å². The maximum absolute atomic E-state index is 5.75. The summed E-state index contributed by atoms with van der Waals surface area (Å²) in [7, 11) is 1.74. The number of aryl methyl sites for hydroxylation is 2. The number of hydrogen-bond acceptors (Lipinski definition) is 2. The van der Waals surface area contributed by atoms with E-state index < -0.39 is 0 Å². The SMILES string of the molecule is COCCCCc1ccc(N)c(C)c1. The van der Waals surface area contributed by atoms with Crippen molar-refractivity contribution in [2.24, 2.45) is 0 Å². The van der Waals surface area contributed by atoms with E-state index in [9.17, 15) is 0 Å². The van der Waals surface area contributed by atoms with E-state index in [4.69, 9.17) is 10.5 Å². The van der Waals surface area contributed by atoms with Crippen molar-refractivity contribution in [2.45, 2.75) is 26.2 Å². The molecule has 2 N–H and O–H groups in total. The Hall–Kier alpha value is -1.02. The number of ether oxygens (including phenoxy) is 1. The van der Waals surface area contributed by atoms with Gasteiger partial charge in [-0.3, -0.25) is 0 Å². The molecule has 0 spiro atoms. The average molecular weight is 193 g/mol. The van der Waals surface area contributed by atoms with Gasteiger partial charge in [0.2, 0.25) is 0 Å². The summed E-state index contributed by atoms with van der Waals surface area (Å²) in [6.07, 6.45) is 3.42.